The predicted octanol–water partition coefficient (Wildman–Crippen LogP) is 3.97. The van der Waals surface area contributed by atoms with Crippen LogP contribution in [0.25, 0.3) is 11.0 Å². The largest absolute Gasteiger partial charge is 0.489 e. The Kier molecular flexibility index (Phi) is 6.26. The number of primary sulfonamides is 1. The average Bonchev–Trinajstić information content (AvgIpc) is 3.14. The highest BCUT2D eigenvalue weighted by Gasteiger charge is 2.14. The number of imidazole rings is 1. The number of aryl methyl sites for hydroxylation is 1. The molecule has 2 N–H and O–H groups in total. The fourth-order valence-electron chi connectivity index (χ4n) is 3.16. The van der Waals surface area contributed by atoms with Gasteiger partial charge in [-0.05, 0) is 60.5 Å². The number of nitrogens with two attached hydrogens (primary N) is 1. The Balaban J connectivity index is 1.44. The number of sulfonamides is 1. The first-order chi connectivity index (χ1) is 14.9. The van der Waals surface area contributed by atoms with Gasteiger partial charge in [0, 0.05) is 24.7 Å². The normalized spacial score (nSPS) is 11.7. The van der Waals surface area contributed by atoms with Gasteiger partial charge in [-0.25, -0.2) is 18.5 Å². The summed E-state index contributed by atoms with van der Waals surface area (Å²) >= 11 is 1.60. The fourth-order valence-corrected chi connectivity index (χ4v) is 4.72. The first-order valence-electron chi connectivity index (χ1n) is 9.70. The van der Waals surface area contributed by atoms with Crippen molar-refractivity contribution in [3.05, 3.63) is 78.1 Å². The lowest BCUT2D eigenvalue weighted by atomic mass is 10.2. The molecule has 0 aliphatic heterocycles. The van der Waals surface area contributed by atoms with Crippen LogP contribution in [-0.4, -0.2) is 23.0 Å². The molecule has 0 spiro atoms. The number of fused-ring (bicyclic) bond motifs is 1. The molecule has 7 nitrogen and oxygen atoms in total. The van der Waals surface area contributed by atoms with E-state index in [1.807, 2.05) is 43.3 Å². The van der Waals surface area contributed by atoms with Crippen molar-refractivity contribution in [2.24, 2.45) is 5.14 Å². The molecule has 0 atom stereocenters. The van der Waals surface area contributed by atoms with Gasteiger partial charge in [-0.3, -0.25) is 4.98 Å². The first-order valence-corrected chi connectivity index (χ1v) is 12.2. The highest BCUT2D eigenvalue weighted by atomic mass is 32.2. The maximum absolute atomic E-state index is 11.6. The Bertz CT molecular complexity index is 1290. The van der Waals surface area contributed by atoms with E-state index in [9.17, 15) is 8.42 Å². The van der Waals surface area contributed by atoms with Gasteiger partial charge in [0.25, 0.3) is 0 Å². The molecule has 2 heterocycles. The van der Waals surface area contributed by atoms with E-state index < -0.39 is 10.0 Å². The SMILES string of the molecule is CCn1c(SCc2ccc(OCc3ccncc3)cc2)nc2cc(S(N)(=O)=O)ccc21. The van der Waals surface area contributed by atoms with Crippen LogP contribution in [0.15, 0.2) is 77.0 Å². The van der Waals surface area contributed by atoms with Crippen molar-refractivity contribution in [1.82, 2.24) is 14.5 Å². The van der Waals surface area contributed by atoms with Gasteiger partial charge in [0.05, 0.1) is 15.9 Å². The van der Waals surface area contributed by atoms with Gasteiger partial charge >= 0.3 is 0 Å². The van der Waals surface area contributed by atoms with E-state index in [-0.39, 0.29) is 4.90 Å². The third-order valence-corrected chi connectivity index (χ3v) is 6.73. The van der Waals surface area contributed by atoms with Crippen LogP contribution in [0.3, 0.4) is 0 Å². The van der Waals surface area contributed by atoms with Crippen LogP contribution in [0.2, 0.25) is 0 Å². The van der Waals surface area contributed by atoms with Gasteiger partial charge < -0.3 is 9.30 Å². The van der Waals surface area contributed by atoms with Crippen molar-refractivity contribution in [3.8, 4) is 5.75 Å². The number of hydrogen-bond donors (Lipinski definition) is 1. The van der Waals surface area contributed by atoms with E-state index in [1.165, 1.54) is 12.1 Å². The highest BCUT2D eigenvalue weighted by Crippen LogP contribution is 2.28. The summed E-state index contributed by atoms with van der Waals surface area (Å²) in [5.41, 5.74) is 3.72. The maximum Gasteiger partial charge on any atom is 0.238 e. The van der Waals surface area contributed by atoms with E-state index in [4.69, 9.17) is 9.88 Å². The third kappa shape index (κ3) is 5.07. The van der Waals surface area contributed by atoms with E-state index in [1.54, 1.807) is 30.2 Å². The summed E-state index contributed by atoms with van der Waals surface area (Å²) < 4.78 is 31.1. The number of thioether (sulfide) groups is 1. The zero-order valence-corrected chi connectivity index (χ0v) is 18.6. The van der Waals surface area contributed by atoms with Crippen molar-refractivity contribution in [2.75, 3.05) is 0 Å². The molecule has 0 radical (unpaired) electrons. The van der Waals surface area contributed by atoms with Crippen molar-refractivity contribution < 1.29 is 13.2 Å². The Morgan fingerprint density at radius 3 is 2.45 bits per heavy atom. The molecule has 4 rings (SSSR count). The molecule has 31 heavy (non-hydrogen) atoms. The van der Waals surface area contributed by atoms with Gasteiger partial charge in [-0.2, -0.15) is 0 Å². The minimum absolute atomic E-state index is 0.0691. The second-order valence-corrected chi connectivity index (χ2v) is 9.41. The molecule has 0 fully saturated rings. The number of nitrogens with zero attached hydrogens (tertiary/aromatic N) is 3. The Hall–Kier alpha value is -2.88. The van der Waals surface area contributed by atoms with Crippen LogP contribution < -0.4 is 9.88 Å². The predicted molar refractivity (Wildman–Crippen MR) is 121 cm³/mol. The van der Waals surface area contributed by atoms with Crippen LogP contribution in [-0.2, 0) is 28.9 Å². The molecular formula is C22H22N4O3S2. The second-order valence-electron chi connectivity index (χ2n) is 6.91. The molecule has 2 aromatic carbocycles. The molecule has 4 aromatic rings. The van der Waals surface area contributed by atoms with Crippen molar-refractivity contribution >= 4 is 32.8 Å². The topological polar surface area (TPSA) is 100 Å². The zero-order valence-electron chi connectivity index (χ0n) is 16.9. The number of rotatable bonds is 8. The molecule has 0 aliphatic rings. The summed E-state index contributed by atoms with van der Waals surface area (Å²) in [6, 6.07) is 16.6. The minimum Gasteiger partial charge on any atom is -0.489 e. The Morgan fingerprint density at radius 1 is 1.03 bits per heavy atom. The van der Waals surface area contributed by atoms with Crippen LogP contribution in [0.4, 0.5) is 0 Å². The molecular weight excluding hydrogens is 432 g/mol. The standard InChI is InChI=1S/C22H22N4O3S2/c1-2-26-21-8-7-19(31(23,27)28)13-20(21)25-22(26)30-15-17-3-5-18(6-4-17)29-14-16-9-11-24-12-10-16/h3-13H,2,14-15H2,1H3,(H2,23,27,28). The van der Waals surface area contributed by atoms with E-state index in [0.29, 0.717) is 12.1 Å². The monoisotopic (exact) mass is 454 g/mol. The van der Waals surface area contributed by atoms with E-state index >= 15 is 0 Å². The number of aromatic nitrogens is 3. The summed E-state index contributed by atoms with van der Waals surface area (Å²) in [5, 5.41) is 6.08. The number of hydrogen-bond acceptors (Lipinski definition) is 6. The van der Waals surface area contributed by atoms with Crippen LogP contribution in [0.1, 0.15) is 18.1 Å². The lowest BCUT2D eigenvalue weighted by molar-refractivity contribution is 0.306. The van der Waals surface area contributed by atoms with Crippen LogP contribution in [0.5, 0.6) is 5.75 Å². The lowest BCUT2D eigenvalue weighted by Crippen LogP contribution is -2.11. The van der Waals surface area contributed by atoms with Crippen LogP contribution >= 0.6 is 11.8 Å². The molecule has 0 bridgehead atoms. The average molecular weight is 455 g/mol. The van der Waals surface area contributed by atoms with Crippen molar-refractivity contribution in [2.45, 2.75) is 35.9 Å². The van der Waals surface area contributed by atoms with Crippen LogP contribution in [0, 0.1) is 0 Å². The number of ether oxygens (including phenoxy) is 1. The molecule has 0 saturated heterocycles. The number of pyridine rings is 1. The molecule has 0 amide bonds. The third-order valence-electron chi connectivity index (χ3n) is 4.78. The number of benzene rings is 2. The quantitative estimate of drug-likeness (QED) is 0.404. The summed E-state index contributed by atoms with van der Waals surface area (Å²) in [5.74, 6) is 1.54. The summed E-state index contributed by atoms with van der Waals surface area (Å²) in [4.78, 5) is 8.70. The molecule has 2 aromatic heterocycles. The van der Waals surface area contributed by atoms with Gasteiger partial charge in [0.2, 0.25) is 10.0 Å². The Labute approximate surface area is 185 Å². The van der Waals surface area contributed by atoms with Gasteiger partial charge in [0.15, 0.2) is 5.16 Å². The van der Waals surface area contributed by atoms with Gasteiger partial charge in [0.1, 0.15) is 12.4 Å². The van der Waals surface area contributed by atoms with E-state index in [0.717, 1.165) is 39.8 Å². The molecule has 0 aliphatic carbocycles. The van der Waals surface area contributed by atoms with Gasteiger partial charge in [-0.1, -0.05) is 23.9 Å². The molecule has 0 unspecified atom stereocenters. The van der Waals surface area contributed by atoms with Crippen molar-refractivity contribution in [1.29, 1.82) is 0 Å². The summed E-state index contributed by atoms with van der Waals surface area (Å²) in [7, 11) is -3.76. The molecule has 0 saturated carbocycles. The summed E-state index contributed by atoms with van der Waals surface area (Å²) in [6.45, 7) is 3.26. The first kappa shape index (κ1) is 21.4. The van der Waals surface area contributed by atoms with Crippen molar-refractivity contribution in [3.63, 3.8) is 0 Å². The smallest absolute Gasteiger partial charge is 0.238 e. The van der Waals surface area contributed by atoms with Gasteiger partial charge in [-0.15, -0.1) is 0 Å². The fraction of sp³-hybridized carbons (Fsp3) is 0.182. The van der Waals surface area contributed by atoms with E-state index in [2.05, 4.69) is 14.5 Å². The highest BCUT2D eigenvalue weighted by molar-refractivity contribution is 7.98. The Morgan fingerprint density at radius 2 is 1.77 bits per heavy atom. The second kappa shape index (κ2) is 9.09. The maximum atomic E-state index is 11.6. The zero-order chi connectivity index (χ0) is 21.8. The lowest BCUT2D eigenvalue weighted by Gasteiger charge is -2.08. The molecule has 160 valence electrons. The summed E-state index contributed by atoms with van der Waals surface area (Å²) in [6.07, 6.45) is 3.50. The minimum atomic E-state index is -3.76. The molecule has 9 heteroatoms.